The molecule has 1 N–H and O–H groups in total. The summed E-state index contributed by atoms with van der Waals surface area (Å²) in [5.41, 5.74) is 1.21. The summed E-state index contributed by atoms with van der Waals surface area (Å²) in [7, 11) is 3.76. The molecule has 2 unspecified atom stereocenters. The van der Waals surface area contributed by atoms with E-state index in [1.807, 2.05) is 13.2 Å². The molecule has 1 saturated heterocycles. The number of nitrogens with one attached hydrogen (secondary N) is 1. The molecular weight excluding hydrogens is 246 g/mol. The monoisotopic (exact) mass is 269 g/mol. The average molecular weight is 269 g/mol. The van der Waals surface area contributed by atoms with E-state index in [0.29, 0.717) is 11.3 Å². The van der Waals surface area contributed by atoms with Crippen LogP contribution in [0.5, 0.6) is 5.75 Å². The van der Waals surface area contributed by atoms with Crippen LogP contribution in [0.15, 0.2) is 6.20 Å². The van der Waals surface area contributed by atoms with Gasteiger partial charge in [0.25, 0.3) is 0 Å². The maximum Gasteiger partial charge on any atom is 0.161 e. The van der Waals surface area contributed by atoms with Crippen LogP contribution in [-0.2, 0) is 6.54 Å². The van der Waals surface area contributed by atoms with E-state index in [4.69, 9.17) is 4.74 Å². The number of ether oxygens (including phenoxy) is 1. The molecule has 0 radical (unpaired) electrons. The Labute approximate surface area is 113 Å². The van der Waals surface area contributed by atoms with Crippen molar-refractivity contribution in [2.75, 3.05) is 19.9 Å². The molecule has 0 amide bonds. The second-order valence-corrected chi connectivity index (χ2v) is 5.99. The topological polar surface area (TPSA) is 39.1 Å². The van der Waals surface area contributed by atoms with Crippen LogP contribution < -0.4 is 10.1 Å². The van der Waals surface area contributed by atoms with E-state index in [1.165, 1.54) is 24.3 Å². The Bertz CT molecular complexity index is 374. The molecule has 2 atom stereocenters. The van der Waals surface area contributed by atoms with Gasteiger partial charge in [-0.2, -0.15) is 16.9 Å². The van der Waals surface area contributed by atoms with Crippen LogP contribution in [-0.4, -0.2) is 34.9 Å². The standard InChI is InChI=1S/C13H23N3OS/c1-4-7-16-13(10(17-3)9-15-16)12(14-2)11-6-5-8-18-11/h9,11-12,14H,4-8H2,1-3H3. The first-order chi connectivity index (χ1) is 8.81. The van der Waals surface area contributed by atoms with Crippen molar-refractivity contribution in [2.45, 2.75) is 44.0 Å². The summed E-state index contributed by atoms with van der Waals surface area (Å²) in [4.78, 5) is 0. The minimum Gasteiger partial charge on any atom is -0.493 e. The Morgan fingerprint density at radius 3 is 3.06 bits per heavy atom. The number of aryl methyl sites for hydroxylation is 1. The summed E-state index contributed by atoms with van der Waals surface area (Å²) in [5, 5.41) is 8.55. The smallest absolute Gasteiger partial charge is 0.161 e. The second-order valence-electron chi connectivity index (χ2n) is 4.64. The van der Waals surface area contributed by atoms with Crippen molar-refractivity contribution in [1.82, 2.24) is 15.1 Å². The average Bonchev–Trinajstić information content (AvgIpc) is 3.02. The van der Waals surface area contributed by atoms with Gasteiger partial charge in [-0.3, -0.25) is 4.68 Å². The zero-order valence-corrected chi connectivity index (χ0v) is 12.3. The van der Waals surface area contributed by atoms with Crippen LogP contribution in [0.2, 0.25) is 0 Å². The van der Waals surface area contributed by atoms with Gasteiger partial charge >= 0.3 is 0 Å². The summed E-state index contributed by atoms with van der Waals surface area (Å²) >= 11 is 2.06. The Hall–Kier alpha value is -0.680. The molecule has 0 aliphatic carbocycles. The molecule has 0 bridgehead atoms. The molecule has 1 fully saturated rings. The van der Waals surface area contributed by atoms with Crippen molar-refractivity contribution >= 4 is 11.8 Å². The zero-order valence-electron chi connectivity index (χ0n) is 11.5. The number of thioether (sulfide) groups is 1. The van der Waals surface area contributed by atoms with Crippen LogP contribution in [0.3, 0.4) is 0 Å². The zero-order chi connectivity index (χ0) is 13.0. The first-order valence-electron chi connectivity index (χ1n) is 6.70. The molecule has 1 aliphatic heterocycles. The van der Waals surface area contributed by atoms with Gasteiger partial charge in [0.15, 0.2) is 5.75 Å². The van der Waals surface area contributed by atoms with Gasteiger partial charge in [-0.25, -0.2) is 0 Å². The number of hydrogen-bond donors (Lipinski definition) is 1. The Balaban J connectivity index is 2.29. The van der Waals surface area contributed by atoms with Crippen LogP contribution >= 0.6 is 11.8 Å². The highest BCUT2D eigenvalue weighted by Gasteiger charge is 2.30. The molecular formula is C13H23N3OS. The van der Waals surface area contributed by atoms with Gasteiger partial charge < -0.3 is 10.1 Å². The van der Waals surface area contributed by atoms with E-state index < -0.39 is 0 Å². The number of rotatable bonds is 6. The van der Waals surface area contributed by atoms with E-state index in [0.717, 1.165) is 18.7 Å². The summed E-state index contributed by atoms with van der Waals surface area (Å²) in [6, 6.07) is 0.335. The van der Waals surface area contributed by atoms with Crippen molar-refractivity contribution in [3.05, 3.63) is 11.9 Å². The molecule has 102 valence electrons. The summed E-state index contributed by atoms with van der Waals surface area (Å²) in [5.74, 6) is 2.18. The van der Waals surface area contributed by atoms with E-state index in [9.17, 15) is 0 Å². The third-order valence-electron chi connectivity index (χ3n) is 3.44. The number of nitrogens with zero attached hydrogens (tertiary/aromatic N) is 2. The molecule has 2 heterocycles. The highest BCUT2D eigenvalue weighted by Crippen LogP contribution is 2.38. The van der Waals surface area contributed by atoms with E-state index in [1.54, 1.807) is 7.11 Å². The highest BCUT2D eigenvalue weighted by atomic mass is 32.2. The molecule has 4 nitrogen and oxygen atoms in total. The Morgan fingerprint density at radius 2 is 2.50 bits per heavy atom. The molecule has 0 saturated carbocycles. The van der Waals surface area contributed by atoms with Crippen molar-refractivity contribution in [1.29, 1.82) is 0 Å². The van der Waals surface area contributed by atoms with Crippen molar-refractivity contribution in [3.63, 3.8) is 0 Å². The Kier molecular flexibility index (Phi) is 4.95. The number of hydrogen-bond acceptors (Lipinski definition) is 4. The first kappa shape index (κ1) is 13.7. The van der Waals surface area contributed by atoms with Gasteiger partial charge in [0, 0.05) is 11.8 Å². The van der Waals surface area contributed by atoms with Gasteiger partial charge in [-0.15, -0.1) is 0 Å². The fourth-order valence-corrected chi connectivity index (χ4v) is 4.03. The quantitative estimate of drug-likeness (QED) is 0.861. The summed E-state index contributed by atoms with van der Waals surface area (Å²) < 4.78 is 7.58. The normalized spacial score (nSPS) is 21.2. The van der Waals surface area contributed by atoms with Gasteiger partial charge in [-0.1, -0.05) is 6.92 Å². The fourth-order valence-electron chi connectivity index (χ4n) is 2.60. The fraction of sp³-hybridized carbons (Fsp3) is 0.769. The lowest BCUT2D eigenvalue weighted by Gasteiger charge is -2.24. The summed E-state index contributed by atoms with van der Waals surface area (Å²) in [6.45, 7) is 3.13. The van der Waals surface area contributed by atoms with Crippen LogP contribution in [0, 0.1) is 0 Å². The van der Waals surface area contributed by atoms with Crippen molar-refractivity contribution in [3.8, 4) is 5.75 Å². The van der Waals surface area contributed by atoms with E-state index in [2.05, 4.69) is 33.8 Å². The largest absolute Gasteiger partial charge is 0.493 e. The molecule has 0 aromatic carbocycles. The lowest BCUT2D eigenvalue weighted by Crippen LogP contribution is -2.29. The predicted octanol–water partition coefficient (Wildman–Crippen LogP) is 2.46. The summed E-state index contributed by atoms with van der Waals surface area (Å²) in [6.07, 6.45) is 5.52. The Morgan fingerprint density at radius 1 is 1.67 bits per heavy atom. The third kappa shape index (κ3) is 2.67. The third-order valence-corrected chi connectivity index (χ3v) is 4.90. The highest BCUT2D eigenvalue weighted by molar-refractivity contribution is 8.00. The van der Waals surface area contributed by atoms with E-state index in [-0.39, 0.29) is 0 Å². The van der Waals surface area contributed by atoms with Gasteiger partial charge in [-0.05, 0) is 32.1 Å². The van der Waals surface area contributed by atoms with Gasteiger partial charge in [0.05, 0.1) is 25.0 Å². The van der Waals surface area contributed by atoms with Crippen molar-refractivity contribution in [2.24, 2.45) is 0 Å². The maximum absolute atomic E-state index is 5.48. The second kappa shape index (κ2) is 6.48. The maximum atomic E-state index is 5.48. The lowest BCUT2D eigenvalue weighted by atomic mass is 10.1. The van der Waals surface area contributed by atoms with Crippen LogP contribution in [0.4, 0.5) is 0 Å². The van der Waals surface area contributed by atoms with Gasteiger partial charge in [0.2, 0.25) is 0 Å². The van der Waals surface area contributed by atoms with Crippen LogP contribution in [0.1, 0.15) is 37.9 Å². The molecule has 2 rings (SSSR count). The SMILES string of the molecule is CCCn1ncc(OC)c1C(NC)C1CCCS1. The molecule has 5 heteroatoms. The van der Waals surface area contributed by atoms with E-state index >= 15 is 0 Å². The molecule has 1 aromatic rings. The first-order valence-corrected chi connectivity index (χ1v) is 7.75. The van der Waals surface area contributed by atoms with Crippen molar-refractivity contribution < 1.29 is 4.74 Å². The lowest BCUT2D eigenvalue weighted by molar-refractivity contribution is 0.390. The number of aromatic nitrogens is 2. The predicted molar refractivity (Wildman–Crippen MR) is 76.4 cm³/mol. The van der Waals surface area contributed by atoms with Gasteiger partial charge in [0.1, 0.15) is 0 Å². The minimum absolute atomic E-state index is 0.335. The molecule has 0 spiro atoms. The number of methoxy groups -OCH3 is 1. The molecule has 1 aliphatic rings. The van der Waals surface area contributed by atoms with Crippen LogP contribution in [0.25, 0.3) is 0 Å². The molecule has 18 heavy (non-hydrogen) atoms. The minimum atomic E-state index is 0.335. The molecule has 1 aromatic heterocycles.